The molecule has 16 heavy (non-hydrogen) atoms. The second kappa shape index (κ2) is 6.82. The number of Topliss-reactive ketones (excluding diaryl/α,β-unsaturated/α-hetero) is 1. The van der Waals surface area contributed by atoms with Crippen molar-refractivity contribution in [2.75, 3.05) is 6.61 Å². The average molecular weight is 225 g/mol. The van der Waals surface area contributed by atoms with Gasteiger partial charge >= 0.3 is 5.97 Å². The minimum Gasteiger partial charge on any atom is -0.466 e. The van der Waals surface area contributed by atoms with Crippen LogP contribution in [0.3, 0.4) is 0 Å². The molecule has 90 valence electrons. The summed E-state index contributed by atoms with van der Waals surface area (Å²) in [4.78, 5) is 22.7. The first-order valence-corrected chi connectivity index (χ1v) is 5.19. The standard InChI is InChI=1S/C12H19NO3/c1-5-16-11(15)6-10(7-13)12(8(2)3)9(4)14/h7H,5-6,13H2,1-4H3/b10-7-. The van der Waals surface area contributed by atoms with Gasteiger partial charge in [-0.25, -0.2) is 0 Å². The van der Waals surface area contributed by atoms with Gasteiger partial charge in [0.1, 0.15) is 0 Å². The van der Waals surface area contributed by atoms with Gasteiger partial charge in [0.15, 0.2) is 5.78 Å². The van der Waals surface area contributed by atoms with E-state index in [-0.39, 0.29) is 18.2 Å². The third-order valence-corrected chi connectivity index (χ3v) is 2.01. The lowest BCUT2D eigenvalue weighted by atomic mass is 9.96. The van der Waals surface area contributed by atoms with Crippen molar-refractivity contribution in [3.8, 4) is 0 Å². The molecule has 0 bridgehead atoms. The molecule has 0 aliphatic rings. The SMILES string of the molecule is CCOC(=O)C/C(=C/N)C(C(C)=O)=C(C)C. The van der Waals surface area contributed by atoms with Crippen molar-refractivity contribution in [3.63, 3.8) is 0 Å². The van der Waals surface area contributed by atoms with Crippen LogP contribution in [0.15, 0.2) is 22.9 Å². The zero-order chi connectivity index (χ0) is 12.7. The molecule has 4 nitrogen and oxygen atoms in total. The van der Waals surface area contributed by atoms with Crippen molar-refractivity contribution in [1.82, 2.24) is 0 Å². The highest BCUT2D eigenvalue weighted by atomic mass is 16.5. The first kappa shape index (κ1) is 14.4. The van der Waals surface area contributed by atoms with Gasteiger partial charge in [0, 0.05) is 5.57 Å². The fourth-order valence-corrected chi connectivity index (χ4v) is 1.50. The molecule has 0 spiro atoms. The zero-order valence-corrected chi connectivity index (χ0v) is 10.3. The van der Waals surface area contributed by atoms with E-state index in [0.717, 1.165) is 5.57 Å². The molecule has 0 aromatic carbocycles. The molecule has 4 heteroatoms. The Hall–Kier alpha value is -1.58. The largest absolute Gasteiger partial charge is 0.466 e. The van der Waals surface area contributed by atoms with Crippen LogP contribution in [0.5, 0.6) is 0 Å². The lowest BCUT2D eigenvalue weighted by Gasteiger charge is -2.10. The van der Waals surface area contributed by atoms with E-state index in [0.29, 0.717) is 17.8 Å². The quantitative estimate of drug-likeness (QED) is 0.439. The van der Waals surface area contributed by atoms with Crippen molar-refractivity contribution in [2.24, 2.45) is 5.73 Å². The summed E-state index contributed by atoms with van der Waals surface area (Å²) in [5.74, 6) is -0.472. The van der Waals surface area contributed by atoms with Crippen LogP contribution in [-0.4, -0.2) is 18.4 Å². The van der Waals surface area contributed by atoms with Gasteiger partial charge in [-0.1, -0.05) is 5.57 Å². The number of esters is 1. The van der Waals surface area contributed by atoms with Gasteiger partial charge in [-0.15, -0.1) is 0 Å². The number of rotatable bonds is 5. The Morgan fingerprint density at radius 3 is 2.12 bits per heavy atom. The van der Waals surface area contributed by atoms with Crippen LogP contribution >= 0.6 is 0 Å². The highest BCUT2D eigenvalue weighted by molar-refractivity contribution is 5.99. The second-order valence-electron chi connectivity index (χ2n) is 3.60. The summed E-state index contributed by atoms with van der Waals surface area (Å²) >= 11 is 0. The molecule has 0 rings (SSSR count). The number of hydrogen-bond donors (Lipinski definition) is 1. The Bertz CT molecular complexity index is 336. The third-order valence-electron chi connectivity index (χ3n) is 2.01. The predicted molar refractivity (Wildman–Crippen MR) is 62.6 cm³/mol. The number of carbonyl (C=O) groups excluding carboxylic acids is 2. The van der Waals surface area contributed by atoms with Gasteiger partial charge in [0.2, 0.25) is 0 Å². The molecule has 0 amide bonds. The van der Waals surface area contributed by atoms with E-state index in [4.69, 9.17) is 10.5 Å². The minimum absolute atomic E-state index is 0.0322. The van der Waals surface area contributed by atoms with E-state index >= 15 is 0 Å². The molecule has 0 saturated carbocycles. The maximum absolute atomic E-state index is 11.4. The maximum Gasteiger partial charge on any atom is 0.310 e. The Kier molecular flexibility index (Phi) is 6.15. The second-order valence-corrected chi connectivity index (χ2v) is 3.60. The van der Waals surface area contributed by atoms with Crippen molar-refractivity contribution < 1.29 is 14.3 Å². The summed E-state index contributed by atoms with van der Waals surface area (Å²) < 4.78 is 4.81. The zero-order valence-electron chi connectivity index (χ0n) is 10.3. The van der Waals surface area contributed by atoms with Crippen LogP contribution in [0, 0.1) is 0 Å². The molecule has 0 unspecified atom stereocenters. The Balaban J connectivity index is 4.95. The molecule has 0 aliphatic carbocycles. The van der Waals surface area contributed by atoms with Gasteiger partial charge in [-0.3, -0.25) is 9.59 Å². The number of nitrogens with two attached hydrogens (primary N) is 1. The smallest absolute Gasteiger partial charge is 0.310 e. The van der Waals surface area contributed by atoms with Gasteiger partial charge in [-0.2, -0.15) is 0 Å². The van der Waals surface area contributed by atoms with Gasteiger partial charge in [0.05, 0.1) is 13.0 Å². The lowest BCUT2D eigenvalue weighted by Crippen LogP contribution is -2.11. The number of hydrogen-bond acceptors (Lipinski definition) is 4. The number of ketones is 1. The van der Waals surface area contributed by atoms with E-state index in [1.165, 1.54) is 13.1 Å². The van der Waals surface area contributed by atoms with E-state index in [1.807, 2.05) is 13.8 Å². The third kappa shape index (κ3) is 4.29. The Morgan fingerprint density at radius 1 is 1.25 bits per heavy atom. The number of carbonyl (C=O) groups is 2. The highest BCUT2D eigenvalue weighted by Gasteiger charge is 2.15. The fraction of sp³-hybridized carbons (Fsp3) is 0.500. The summed E-state index contributed by atoms with van der Waals surface area (Å²) in [6, 6.07) is 0. The molecule has 0 fully saturated rings. The minimum atomic E-state index is -0.376. The van der Waals surface area contributed by atoms with Gasteiger partial charge in [-0.05, 0) is 39.5 Å². The summed E-state index contributed by atoms with van der Waals surface area (Å²) in [6.45, 7) is 7.13. The van der Waals surface area contributed by atoms with E-state index in [2.05, 4.69) is 0 Å². The van der Waals surface area contributed by atoms with Crippen LogP contribution in [0.25, 0.3) is 0 Å². The maximum atomic E-state index is 11.4. The van der Waals surface area contributed by atoms with E-state index < -0.39 is 0 Å². The molecule has 0 radical (unpaired) electrons. The summed E-state index contributed by atoms with van der Waals surface area (Å²) in [7, 11) is 0. The van der Waals surface area contributed by atoms with Crippen LogP contribution < -0.4 is 5.73 Å². The predicted octanol–water partition coefficient (Wildman–Crippen LogP) is 1.71. The Morgan fingerprint density at radius 2 is 1.81 bits per heavy atom. The van der Waals surface area contributed by atoms with Crippen LogP contribution in [-0.2, 0) is 14.3 Å². The molecule has 0 aromatic rings. The molecule has 0 heterocycles. The van der Waals surface area contributed by atoms with Crippen LogP contribution in [0.2, 0.25) is 0 Å². The summed E-state index contributed by atoms with van der Waals surface area (Å²) in [5, 5.41) is 0. The monoisotopic (exact) mass is 225 g/mol. The molecular formula is C12H19NO3. The van der Waals surface area contributed by atoms with Crippen LogP contribution in [0.1, 0.15) is 34.1 Å². The van der Waals surface area contributed by atoms with Crippen LogP contribution in [0.4, 0.5) is 0 Å². The summed E-state index contributed by atoms with van der Waals surface area (Å²) in [6.07, 6.45) is 1.32. The first-order chi connectivity index (χ1) is 7.43. The molecule has 0 aromatic heterocycles. The van der Waals surface area contributed by atoms with Crippen molar-refractivity contribution in [2.45, 2.75) is 34.1 Å². The van der Waals surface area contributed by atoms with Crippen molar-refractivity contribution in [1.29, 1.82) is 0 Å². The van der Waals surface area contributed by atoms with E-state index in [1.54, 1.807) is 6.92 Å². The average Bonchev–Trinajstić information content (AvgIpc) is 2.15. The number of allylic oxidation sites excluding steroid dienone is 2. The molecule has 0 aliphatic heterocycles. The molecular weight excluding hydrogens is 206 g/mol. The molecule has 2 N–H and O–H groups in total. The topological polar surface area (TPSA) is 69.4 Å². The normalized spacial score (nSPS) is 10.9. The first-order valence-electron chi connectivity index (χ1n) is 5.19. The van der Waals surface area contributed by atoms with E-state index in [9.17, 15) is 9.59 Å². The van der Waals surface area contributed by atoms with Crippen molar-refractivity contribution in [3.05, 3.63) is 22.9 Å². The molecule has 0 atom stereocenters. The fourth-order valence-electron chi connectivity index (χ4n) is 1.50. The van der Waals surface area contributed by atoms with Gasteiger partial charge in [0.25, 0.3) is 0 Å². The molecule has 0 saturated heterocycles. The number of ether oxygens (including phenoxy) is 1. The summed E-state index contributed by atoms with van der Waals surface area (Å²) in [5.41, 5.74) is 7.31. The van der Waals surface area contributed by atoms with Crippen molar-refractivity contribution >= 4 is 11.8 Å². The Labute approximate surface area is 96.2 Å². The highest BCUT2D eigenvalue weighted by Crippen LogP contribution is 2.19. The lowest BCUT2D eigenvalue weighted by molar-refractivity contribution is -0.142. The van der Waals surface area contributed by atoms with Gasteiger partial charge < -0.3 is 10.5 Å².